The molecule has 29 heavy (non-hydrogen) atoms. The Bertz CT molecular complexity index is 1020. The lowest BCUT2D eigenvalue weighted by atomic mass is 9.94. The maximum atomic E-state index is 12.2. The van der Waals surface area contributed by atoms with Crippen LogP contribution >= 0.6 is 23.2 Å². The number of esters is 1. The molecule has 1 amide bonds. The van der Waals surface area contributed by atoms with E-state index in [4.69, 9.17) is 27.9 Å². The number of ether oxygens (including phenoxy) is 1. The smallest absolute Gasteiger partial charge is 0.359 e. The van der Waals surface area contributed by atoms with Crippen LogP contribution in [-0.2, 0) is 9.53 Å². The van der Waals surface area contributed by atoms with Gasteiger partial charge in [-0.25, -0.2) is 4.79 Å². The van der Waals surface area contributed by atoms with E-state index >= 15 is 0 Å². The van der Waals surface area contributed by atoms with Crippen LogP contribution in [0.2, 0.25) is 10.0 Å². The zero-order valence-electron chi connectivity index (χ0n) is 15.9. The molecule has 8 heteroatoms. The third kappa shape index (κ3) is 5.28. The topological polar surface area (TPSA) is 84.1 Å². The number of aromatic nitrogens is 2. The molecule has 0 bridgehead atoms. The van der Waals surface area contributed by atoms with Gasteiger partial charge in [0.25, 0.3) is 5.91 Å². The van der Waals surface area contributed by atoms with Gasteiger partial charge >= 0.3 is 5.97 Å². The number of H-pyrrole nitrogens is 1. The Morgan fingerprint density at radius 2 is 2.00 bits per heavy atom. The number of aromatic amines is 1. The number of nitrogens with one attached hydrogen (secondary N) is 2. The fourth-order valence-electron chi connectivity index (χ4n) is 3.16. The van der Waals surface area contributed by atoms with Crippen molar-refractivity contribution < 1.29 is 14.3 Å². The number of halogens is 2. The highest BCUT2D eigenvalue weighted by Crippen LogP contribution is 2.30. The summed E-state index contributed by atoms with van der Waals surface area (Å²) in [5.74, 6) is -0.993. The van der Waals surface area contributed by atoms with Crippen LogP contribution in [0.5, 0.6) is 0 Å². The standard InChI is InChI=1S/C21H21Cl2N3O3/c1-2-5-13(15-9-8-14(22)10-17(15)23)11-24-19(27)12-29-21(28)20-16-6-3-4-7-18(16)25-26-20/h3-4,6-10,13H,2,5,11-12H2,1H3,(H,24,27)(H,25,26)/t13-/m1/s1. The molecule has 2 N–H and O–H groups in total. The number of rotatable bonds is 8. The van der Waals surface area contributed by atoms with Crippen molar-refractivity contribution in [2.24, 2.45) is 0 Å². The third-order valence-corrected chi connectivity index (χ3v) is 5.15. The maximum absolute atomic E-state index is 12.2. The van der Waals surface area contributed by atoms with E-state index in [1.165, 1.54) is 0 Å². The molecular formula is C21H21Cl2N3O3. The second-order valence-corrected chi connectivity index (χ2v) is 7.49. The average molecular weight is 434 g/mol. The first kappa shape index (κ1) is 21.1. The number of fused-ring (bicyclic) bond motifs is 1. The molecule has 1 heterocycles. The largest absolute Gasteiger partial charge is 0.451 e. The van der Waals surface area contributed by atoms with Gasteiger partial charge in [0.1, 0.15) is 0 Å². The molecule has 1 aromatic heterocycles. The molecular weight excluding hydrogens is 413 g/mol. The molecule has 152 valence electrons. The van der Waals surface area contributed by atoms with Crippen molar-refractivity contribution in [3.8, 4) is 0 Å². The van der Waals surface area contributed by atoms with Gasteiger partial charge in [-0.05, 0) is 30.2 Å². The number of benzene rings is 2. The fraction of sp³-hybridized carbons (Fsp3) is 0.286. The molecule has 0 saturated heterocycles. The van der Waals surface area contributed by atoms with Crippen LogP contribution < -0.4 is 5.32 Å². The molecule has 6 nitrogen and oxygen atoms in total. The van der Waals surface area contributed by atoms with Crippen LogP contribution in [0.25, 0.3) is 10.9 Å². The van der Waals surface area contributed by atoms with Crippen molar-refractivity contribution in [2.75, 3.05) is 13.2 Å². The van der Waals surface area contributed by atoms with Gasteiger partial charge < -0.3 is 10.1 Å². The number of hydrogen-bond donors (Lipinski definition) is 2. The van der Waals surface area contributed by atoms with Crippen molar-refractivity contribution in [3.63, 3.8) is 0 Å². The van der Waals surface area contributed by atoms with E-state index in [-0.39, 0.29) is 24.1 Å². The Morgan fingerprint density at radius 1 is 1.21 bits per heavy atom. The summed E-state index contributed by atoms with van der Waals surface area (Å²) in [6, 6.07) is 12.6. The monoisotopic (exact) mass is 433 g/mol. The van der Waals surface area contributed by atoms with Gasteiger partial charge in [-0.15, -0.1) is 0 Å². The minimum absolute atomic E-state index is 0.0414. The van der Waals surface area contributed by atoms with Gasteiger partial charge in [0, 0.05) is 27.9 Å². The van der Waals surface area contributed by atoms with Crippen molar-refractivity contribution in [1.29, 1.82) is 0 Å². The first-order valence-electron chi connectivity index (χ1n) is 9.31. The Labute approximate surface area is 178 Å². The summed E-state index contributed by atoms with van der Waals surface area (Å²) >= 11 is 12.3. The lowest BCUT2D eigenvalue weighted by Crippen LogP contribution is -2.32. The van der Waals surface area contributed by atoms with E-state index in [9.17, 15) is 9.59 Å². The molecule has 0 fully saturated rings. The number of carbonyl (C=O) groups is 2. The van der Waals surface area contributed by atoms with Crippen LogP contribution in [0.1, 0.15) is 41.7 Å². The first-order chi connectivity index (χ1) is 14.0. The Hall–Kier alpha value is -2.57. The minimum Gasteiger partial charge on any atom is -0.451 e. The van der Waals surface area contributed by atoms with Gasteiger partial charge in [-0.2, -0.15) is 5.10 Å². The molecule has 3 rings (SSSR count). The summed E-state index contributed by atoms with van der Waals surface area (Å²) < 4.78 is 5.12. The predicted molar refractivity (Wildman–Crippen MR) is 113 cm³/mol. The van der Waals surface area contributed by atoms with Crippen molar-refractivity contribution in [1.82, 2.24) is 15.5 Å². The van der Waals surface area contributed by atoms with E-state index < -0.39 is 5.97 Å². The zero-order valence-corrected chi connectivity index (χ0v) is 17.4. The van der Waals surface area contributed by atoms with Gasteiger partial charge in [0.15, 0.2) is 12.3 Å². The molecule has 0 saturated carbocycles. The number of nitrogens with zero attached hydrogens (tertiary/aromatic N) is 1. The van der Waals surface area contributed by atoms with E-state index in [0.29, 0.717) is 22.0 Å². The highest BCUT2D eigenvalue weighted by atomic mass is 35.5. The Morgan fingerprint density at radius 3 is 2.76 bits per heavy atom. The summed E-state index contributed by atoms with van der Waals surface area (Å²) in [7, 11) is 0. The maximum Gasteiger partial charge on any atom is 0.359 e. The van der Waals surface area contributed by atoms with Crippen LogP contribution in [0.3, 0.4) is 0 Å². The lowest BCUT2D eigenvalue weighted by Gasteiger charge is -2.19. The van der Waals surface area contributed by atoms with E-state index in [2.05, 4.69) is 22.4 Å². The molecule has 2 aromatic carbocycles. The number of carbonyl (C=O) groups excluding carboxylic acids is 2. The molecule has 0 aliphatic heterocycles. The van der Waals surface area contributed by atoms with Crippen LogP contribution in [0.15, 0.2) is 42.5 Å². The molecule has 0 unspecified atom stereocenters. The van der Waals surface area contributed by atoms with Gasteiger partial charge in [0.05, 0.1) is 5.52 Å². The highest BCUT2D eigenvalue weighted by Gasteiger charge is 2.18. The summed E-state index contributed by atoms with van der Waals surface area (Å²) in [5.41, 5.74) is 1.81. The lowest BCUT2D eigenvalue weighted by molar-refractivity contribution is -0.124. The molecule has 3 aromatic rings. The first-order valence-corrected chi connectivity index (χ1v) is 10.1. The number of para-hydroxylation sites is 1. The third-order valence-electron chi connectivity index (χ3n) is 4.58. The second kappa shape index (κ2) is 9.76. The molecule has 0 spiro atoms. The predicted octanol–water partition coefficient (Wildman–Crippen LogP) is 4.73. The Kier molecular flexibility index (Phi) is 7.12. The molecule has 0 radical (unpaired) electrons. The summed E-state index contributed by atoms with van der Waals surface area (Å²) in [6.45, 7) is 2.07. The minimum atomic E-state index is -0.650. The van der Waals surface area contributed by atoms with Crippen molar-refractivity contribution in [3.05, 3.63) is 63.8 Å². The van der Waals surface area contributed by atoms with E-state index in [0.717, 1.165) is 23.9 Å². The summed E-state index contributed by atoms with van der Waals surface area (Å²) in [4.78, 5) is 24.4. The van der Waals surface area contributed by atoms with Crippen molar-refractivity contribution in [2.45, 2.75) is 25.7 Å². The fourth-order valence-corrected chi connectivity index (χ4v) is 3.72. The normalized spacial score (nSPS) is 12.0. The quantitative estimate of drug-likeness (QED) is 0.503. The van der Waals surface area contributed by atoms with E-state index in [1.54, 1.807) is 24.3 Å². The SMILES string of the molecule is CCC[C@H](CNC(=O)COC(=O)c1n[nH]c2ccccc12)c1ccc(Cl)cc1Cl. The van der Waals surface area contributed by atoms with Gasteiger partial charge in [-0.1, -0.05) is 60.8 Å². The molecule has 0 aliphatic rings. The summed E-state index contributed by atoms with van der Waals surface area (Å²) in [5, 5.41) is 11.3. The second-order valence-electron chi connectivity index (χ2n) is 6.65. The highest BCUT2D eigenvalue weighted by molar-refractivity contribution is 6.35. The molecule has 0 aliphatic carbocycles. The van der Waals surface area contributed by atoms with E-state index in [1.807, 2.05) is 18.2 Å². The number of amides is 1. The number of hydrogen-bond acceptors (Lipinski definition) is 4. The zero-order chi connectivity index (χ0) is 20.8. The van der Waals surface area contributed by atoms with Crippen LogP contribution in [0.4, 0.5) is 0 Å². The van der Waals surface area contributed by atoms with Crippen LogP contribution in [0, 0.1) is 0 Å². The van der Waals surface area contributed by atoms with Crippen molar-refractivity contribution >= 4 is 46.0 Å². The van der Waals surface area contributed by atoms with Crippen LogP contribution in [-0.4, -0.2) is 35.2 Å². The molecule has 1 atom stereocenters. The average Bonchev–Trinajstić information content (AvgIpc) is 3.14. The summed E-state index contributed by atoms with van der Waals surface area (Å²) in [6.07, 6.45) is 1.78. The van der Waals surface area contributed by atoms with Gasteiger partial charge in [-0.3, -0.25) is 9.89 Å². The van der Waals surface area contributed by atoms with Gasteiger partial charge in [0.2, 0.25) is 0 Å². The Balaban J connectivity index is 1.56.